The first-order chi connectivity index (χ1) is 13.2. The van der Waals surface area contributed by atoms with Gasteiger partial charge in [-0.15, -0.1) is 24.8 Å². The number of likely N-dealkylation sites (tertiary alicyclic amines) is 1. The van der Waals surface area contributed by atoms with Gasteiger partial charge in [-0.3, -0.25) is 4.79 Å². The summed E-state index contributed by atoms with van der Waals surface area (Å²) in [5.41, 5.74) is 0.824. The summed E-state index contributed by atoms with van der Waals surface area (Å²) in [4.78, 5) is 18.8. The zero-order chi connectivity index (χ0) is 18.6. The van der Waals surface area contributed by atoms with Gasteiger partial charge < -0.3 is 14.6 Å². The molecule has 160 valence electrons. The van der Waals surface area contributed by atoms with E-state index in [0.29, 0.717) is 35.6 Å². The predicted molar refractivity (Wildman–Crippen MR) is 120 cm³/mol. The molecule has 1 N–H and O–H groups in total. The van der Waals surface area contributed by atoms with E-state index < -0.39 is 0 Å². The molecule has 5 nitrogen and oxygen atoms in total. The Morgan fingerprint density at radius 3 is 2.59 bits per heavy atom. The molecule has 2 heterocycles. The van der Waals surface area contributed by atoms with Gasteiger partial charge in [0, 0.05) is 37.5 Å². The van der Waals surface area contributed by atoms with Gasteiger partial charge >= 0.3 is 0 Å². The van der Waals surface area contributed by atoms with E-state index in [4.69, 9.17) is 16.0 Å². The first-order valence-electron chi connectivity index (χ1n) is 9.90. The summed E-state index contributed by atoms with van der Waals surface area (Å²) in [7, 11) is 0. The Bertz CT molecular complexity index is 787. The second kappa shape index (κ2) is 11.2. The number of carbonyl (C=O) groups is 1. The van der Waals surface area contributed by atoms with Crippen molar-refractivity contribution in [3.63, 3.8) is 0 Å². The van der Waals surface area contributed by atoms with Crippen LogP contribution in [-0.2, 0) is 11.2 Å². The number of piperidine rings is 1. The molecule has 2 fully saturated rings. The van der Waals surface area contributed by atoms with Crippen molar-refractivity contribution >= 4 is 42.3 Å². The maximum absolute atomic E-state index is 12.5. The summed E-state index contributed by atoms with van der Waals surface area (Å²) in [6.45, 7) is 2.84. The zero-order valence-electron chi connectivity index (χ0n) is 16.3. The summed E-state index contributed by atoms with van der Waals surface area (Å²) in [5.74, 6) is 2.32. The molecule has 1 saturated heterocycles. The normalized spacial score (nSPS) is 16.8. The number of nitrogens with one attached hydrogen (secondary N) is 1. The van der Waals surface area contributed by atoms with Gasteiger partial charge in [0.1, 0.15) is 0 Å². The van der Waals surface area contributed by atoms with Crippen LogP contribution in [0.25, 0.3) is 11.3 Å². The summed E-state index contributed by atoms with van der Waals surface area (Å²) >= 11 is 6.20. The predicted octanol–water partition coefficient (Wildman–Crippen LogP) is 4.76. The Balaban J connectivity index is 0.00000150. The molecule has 1 saturated carbocycles. The van der Waals surface area contributed by atoms with Crippen LogP contribution in [0.1, 0.15) is 38.0 Å². The minimum atomic E-state index is 0. The van der Waals surface area contributed by atoms with Crippen LogP contribution >= 0.6 is 36.4 Å². The van der Waals surface area contributed by atoms with E-state index in [2.05, 4.69) is 10.3 Å². The van der Waals surface area contributed by atoms with Gasteiger partial charge in [-0.05, 0) is 50.3 Å². The molecule has 2 aromatic rings. The number of carbonyl (C=O) groups excluding carboxylic acids is 1. The van der Waals surface area contributed by atoms with Gasteiger partial charge in [-0.1, -0.05) is 23.7 Å². The maximum Gasteiger partial charge on any atom is 0.223 e. The molecule has 0 spiro atoms. The molecule has 0 unspecified atom stereocenters. The van der Waals surface area contributed by atoms with E-state index >= 15 is 0 Å². The number of oxazole rings is 1. The second-order valence-electron chi connectivity index (χ2n) is 7.60. The molecule has 0 radical (unpaired) electrons. The molecular formula is C21H28Cl3N3O2. The van der Waals surface area contributed by atoms with Crippen molar-refractivity contribution in [2.45, 2.75) is 44.6 Å². The van der Waals surface area contributed by atoms with Gasteiger partial charge in [0.2, 0.25) is 5.91 Å². The molecular weight excluding hydrogens is 433 g/mol. The Labute approximate surface area is 189 Å². The van der Waals surface area contributed by atoms with Crippen molar-refractivity contribution < 1.29 is 9.21 Å². The van der Waals surface area contributed by atoms with E-state index in [0.717, 1.165) is 44.0 Å². The van der Waals surface area contributed by atoms with E-state index in [-0.39, 0.29) is 30.7 Å². The minimum absolute atomic E-state index is 0. The lowest BCUT2D eigenvalue weighted by Gasteiger charge is -2.32. The summed E-state index contributed by atoms with van der Waals surface area (Å²) < 4.78 is 5.79. The average Bonchev–Trinajstić information content (AvgIpc) is 3.41. The third kappa shape index (κ3) is 6.61. The van der Waals surface area contributed by atoms with E-state index in [1.54, 1.807) is 6.20 Å². The topological polar surface area (TPSA) is 58.4 Å². The van der Waals surface area contributed by atoms with Gasteiger partial charge in [0.25, 0.3) is 0 Å². The van der Waals surface area contributed by atoms with Crippen LogP contribution in [0.2, 0.25) is 5.02 Å². The standard InChI is InChI=1S/C21H26ClN3O2.2ClH/c22-18-4-2-1-3-17(18)19-14-24-20(27-19)7-8-21(26)25-11-9-16(10-12-25)23-13-15-5-6-15;;/h1-4,14-16,23H,5-13H2;2*1H. The number of hydrogen-bond acceptors (Lipinski definition) is 4. The molecule has 0 bridgehead atoms. The van der Waals surface area contributed by atoms with Gasteiger partial charge in [-0.2, -0.15) is 0 Å². The Hall–Kier alpha value is -1.27. The summed E-state index contributed by atoms with van der Waals surface area (Å²) in [6.07, 6.45) is 7.48. The Morgan fingerprint density at radius 1 is 1.17 bits per heavy atom. The lowest BCUT2D eigenvalue weighted by atomic mass is 10.0. The number of aromatic nitrogens is 1. The largest absolute Gasteiger partial charge is 0.441 e. The first kappa shape index (κ1) is 24.0. The molecule has 1 aromatic carbocycles. The van der Waals surface area contributed by atoms with Crippen LogP contribution in [0.5, 0.6) is 0 Å². The minimum Gasteiger partial charge on any atom is -0.441 e. The lowest BCUT2D eigenvalue weighted by Crippen LogP contribution is -2.45. The Kier molecular flexibility index (Phi) is 9.28. The number of benzene rings is 1. The molecule has 0 atom stereocenters. The average molecular weight is 461 g/mol. The fraction of sp³-hybridized carbons (Fsp3) is 0.524. The molecule has 4 rings (SSSR count). The lowest BCUT2D eigenvalue weighted by molar-refractivity contribution is -0.132. The maximum atomic E-state index is 12.5. The third-order valence-corrected chi connectivity index (χ3v) is 5.81. The van der Waals surface area contributed by atoms with Crippen molar-refractivity contribution in [2.75, 3.05) is 19.6 Å². The van der Waals surface area contributed by atoms with Crippen LogP contribution in [0.4, 0.5) is 0 Å². The van der Waals surface area contributed by atoms with Gasteiger partial charge in [0.05, 0.1) is 11.2 Å². The number of nitrogens with zero attached hydrogens (tertiary/aromatic N) is 2. The van der Waals surface area contributed by atoms with Gasteiger partial charge in [-0.25, -0.2) is 4.98 Å². The monoisotopic (exact) mass is 459 g/mol. The number of rotatable bonds is 7. The zero-order valence-corrected chi connectivity index (χ0v) is 18.7. The third-order valence-electron chi connectivity index (χ3n) is 5.49. The van der Waals surface area contributed by atoms with Crippen LogP contribution in [-0.4, -0.2) is 41.5 Å². The Morgan fingerprint density at radius 2 is 1.90 bits per heavy atom. The summed E-state index contributed by atoms with van der Waals surface area (Å²) in [5, 5.41) is 4.28. The van der Waals surface area contributed by atoms with Crippen LogP contribution in [0.15, 0.2) is 34.9 Å². The molecule has 1 amide bonds. The molecule has 2 aliphatic rings. The smallest absolute Gasteiger partial charge is 0.223 e. The van der Waals surface area contributed by atoms with Crippen LogP contribution in [0, 0.1) is 5.92 Å². The molecule has 1 aliphatic heterocycles. The van der Waals surface area contributed by atoms with Crippen molar-refractivity contribution in [3.8, 4) is 11.3 Å². The van der Waals surface area contributed by atoms with Crippen LogP contribution in [0.3, 0.4) is 0 Å². The fourth-order valence-corrected chi connectivity index (χ4v) is 3.80. The quantitative estimate of drug-likeness (QED) is 0.647. The first-order valence-corrected chi connectivity index (χ1v) is 10.3. The van der Waals surface area contributed by atoms with Crippen molar-refractivity contribution in [1.82, 2.24) is 15.2 Å². The van der Waals surface area contributed by atoms with E-state index in [1.165, 1.54) is 12.8 Å². The molecule has 29 heavy (non-hydrogen) atoms. The van der Waals surface area contributed by atoms with Crippen LogP contribution < -0.4 is 5.32 Å². The number of halogens is 3. The SMILES string of the molecule is Cl.Cl.O=C(CCc1ncc(-c2ccccc2Cl)o1)N1CCC(NCC2CC2)CC1. The summed E-state index contributed by atoms with van der Waals surface area (Å²) in [6, 6.07) is 8.09. The van der Waals surface area contributed by atoms with Crippen molar-refractivity contribution in [3.05, 3.63) is 41.4 Å². The molecule has 1 aliphatic carbocycles. The highest BCUT2D eigenvalue weighted by atomic mass is 35.5. The van der Waals surface area contributed by atoms with Gasteiger partial charge in [0.15, 0.2) is 11.7 Å². The number of hydrogen-bond donors (Lipinski definition) is 1. The second-order valence-corrected chi connectivity index (χ2v) is 8.01. The van der Waals surface area contributed by atoms with E-state index in [9.17, 15) is 4.79 Å². The highest BCUT2D eigenvalue weighted by Gasteiger charge is 2.26. The molecule has 8 heteroatoms. The van der Waals surface area contributed by atoms with Crippen molar-refractivity contribution in [1.29, 1.82) is 0 Å². The van der Waals surface area contributed by atoms with E-state index in [1.807, 2.05) is 29.2 Å². The fourth-order valence-electron chi connectivity index (χ4n) is 3.57. The highest BCUT2D eigenvalue weighted by Crippen LogP contribution is 2.29. The van der Waals surface area contributed by atoms with Crippen molar-refractivity contribution in [2.24, 2.45) is 5.92 Å². The number of amides is 1. The highest BCUT2D eigenvalue weighted by molar-refractivity contribution is 6.33. The number of aryl methyl sites for hydroxylation is 1. The molecule has 1 aromatic heterocycles.